The summed E-state index contributed by atoms with van der Waals surface area (Å²) in [5.74, 6) is 0.208. The third-order valence-corrected chi connectivity index (χ3v) is 6.30. The Morgan fingerprint density at radius 1 is 0.962 bits per heavy atom. The zero-order valence-corrected chi connectivity index (χ0v) is 15.1. The molecule has 2 saturated heterocycles. The Labute approximate surface area is 154 Å². The quantitative estimate of drug-likeness (QED) is 0.789. The molecule has 0 radical (unpaired) electrons. The number of hydrogen-bond donors (Lipinski definition) is 3. The van der Waals surface area contributed by atoms with Gasteiger partial charge in [0.1, 0.15) is 5.75 Å². The van der Waals surface area contributed by atoms with E-state index in [1.54, 1.807) is 24.3 Å². The van der Waals surface area contributed by atoms with E-state index in [2.05, 4.69) is 11.8 Å². The molecule has 138 valence electrons. The number of piperidine rings is 1. The number of phenols is 1. The molecule has 2 aliphatic heterocycles. The van der Waals surface area contributed by atoms with E-state index in [4.69, 9.17) is 0 Å². The molecule has 2 fully saturated rings. The number of aromatic hydroxyl groups is 1. The topological polar surface area (TPSA) is 63.9 Å². The Hall–Kier alpha value is -1.88. The van der Waals surface area contributed by atoms with E-state index in [0.717, 1.165) is 24.0 Å². The first-order valence-corrected chi connectivity index (χ1v) is 9.50. The molecule has 2 aromatic carbocycles. The molecule has 5 atom stereocenters. The van der Waals surface area contributed by atoms with Crippen LogP contribution in [-0.4, -0.2) is 38.3 Å². The van der Waals surface area contributed by atoms with E-state index in [-0.39, 0.29) is 23.9 Å². The molecule has 3 N–H and O–H groups in total. The van der Waals surface area contributed by atoms with Crippen molar-refractivity contribution in [1.82, 2.24) is 4.90 Å². The number of aliphatic hydroxyl groups excluding tert-OH is 1. The van der Waals surface area contributed by atoms with Crippen LogP contribution in [0.5, 0.6) is 5.75 Å². The fourth-order valence-corrected chi connectivity index (χ4v) is 5.02. The summed E-state index contributed by atoms with van der Waals surface area (Å²) < 4.78 is 0. The minimum absolute atomic E-state index is 0.0302. The van der Waals surface area contributed by atoms with Crippen molar-refractivity contribution in [3.63, 3.8) is 0 Å². The Morgan fingerprint density at radius 2 is 1.54 bits per heavy atom. The van der Waals surface area contributed by atoms with Gasteiger partial charge in [0.2, 0.25) is 0 Å². The molecule has 26 heavy (non-hydrogen) atoms. The monoisotopic (exact) mass is 353 g/mol. The molecule has 4 rings (SSSR count). The maximum atomic E-state index is 11.3. The second-order valence-corrected chi connectivity index (χ2v) is 7.92. The van der Waals surface area contributed by atoms with Gasteiger partial charge in [-0.25, -0.2) is 0 Å². The van der Waals surface area contributed by atoms with E-state index in [1.165, 1.54) is 0 Å². The van der Waals surface area contributed by atoms with Crippen molar-refractivity contribution >= 4 is 0 Å². The maximum absolute atomic E-state index is 11.3. The molecule has 0 saturated carbocycles. The smallest absolute Gasteiger partial charge is 0.115 e. The number of rotatable bonds is 4. The van der Waals surface area contributed by atoms with Gasteiger partial charge in [0.25, 0.3) is 0 Å². The van der Waals surface area contributed by atoms with Crippen molar-refractivity contribution in [2.75, 3.05) is 0 Å². The predicted molar refractivity (Wildman–Crippen MR) is 101 cm³/mol. The Morgan fingerprint density at radius 3 is 2.12 bits per heavy atom. The average molecular weight is 353 g/mol. The molecule has 3 unspecified atom stereocenters. The number of fused-ring (bicyclic) bond motifs is 2. The van der Waals surface area contributed by atoms with Crippen LogP contribution < -0.4 is 0 Å². The molecule has 2 heterocycles. The van der Waals surface area contributed by atoms with Gasteiger partial charge >= 0.3 is 0 Å². The number of nitrogens with zero attached hydrogens (tertiary/aromatic N) is 1. The van der Waals surface area contributed by atoms with Crippen molar-refractivity contribution in [3.05, 3.63) is 65.7 Å². The van der Waals surface area contributed by atoms with Crippen LogP contribution >= 0.6 is 0 Å². The van der Waals surface area contributed by atoms with Crippen molar-refractivity contribution < 1.29 is 15.3 Å². The van der Waals surface area contributed by atoms with Crippen LogP contribution in [0.4, 0.5) is 0 Å². The van der Waals surface area contributed by atoms with E-state index in [0.29, 0.717) is 12.8 Å². The zero-order chi connectivity index (χ0) is 18.3. The molecular formula is C22H27NO3. The minimum atomic E-state index is -0.771. The summed E-state index contributed by atoms with van der Waals surface area (Å²) in [6.45, 7) is 2.07. The van der Waals surface area contributed by atoms with Crippen molar-refractivity contribution in [2.45, 2.75) is 62.4 Å². The van der Waals surface area contributed by atoms with Crippen LogP contribution in [0.15, 0.2) is 54.6 Å². The molecule has 2 aromatic rings. The second kappa shape index (κ2) is 6.69. The van der Waals surface area contributed by atoms with Crippen molar-refractivity contribution in [1.29, 1.82) is 0 Å². The third-order valence-electron chi connectivity index (χ3n) is 6.30. The predicted octanol–water partition coefficient (Wildman–Crippen LogP) is 3.33. The van der Waals surface area contributed by atoms with Crippen LogP contribution in [0.3, 0.4) is 0 Å². The van der Waals surface area contributed by atoms with Gasteiger partial charge in [-0.15, -0.1) is 0 Å². The van der Waals surface area contributed by atoms with Crippen LogP contribution in [0.25, 0.3) is 0 Å². The highest BCUT2D eigenvalue weighted by molar-refractivity contribution is 5.29. The normalized spacial score (nSPS) is 30.9. The third kappa shape index (κ3) is 3.02. The molecule has 2 aliphatic rings. The highest BCUT2D eigenvalue weighted by Gasteiger charge is 2.50. The SMILES string of the molecule is CC(C(O)c1ccc(O)cc1)N1[C@@H]2CC[C@H]1CC(O)(c1ccccc1)C2. The molecule has 0 aromatic heterocycles. The van der Waals surface area contributed by atoms with Crippen LogP contribution in [0.2, 0.25) is 0 Å². The first-order valence-electron chi connectivity index (χ1n) is 9.50. The number of phenolic OH excluding ortho intramolecular Hbond substituents is 1. The van der Waals surface area contributed by atoms with Gasteiger partial charge in [-0.3, -0.25) is 4.90 Å². The Bertz CT molecular complexity index is 732. The molecule has 2 bridgehead atoms. The Kier molecular flexibility index (Phi) is 4.51. The van der Waals surface area contributed by atoms with E-state index in [1.807, 2.05) is 30.3 Å². The molecule has 4 nitrogen and oxygen atoms in total. The number of hydrogen-bond acceptors (Lipinski definition) is 4. The van der Waals surface area contributed by atoms with E-state index < -0.39 is 11.7 Å². The summed E-state index contributed by atoms with van der Waals surface area (Å²) in [4.78, 5) is 2.41. The van der Waals surface area contributed by atoms with Gasteiger partial charge in [0.15, 0.2) is 0 Å². The lowest BCUT2D eigenvalue weighted by Gasteiger charge is -2.47. The largest absolute Gasteiger partial charge is 0.508 e. The van der Waals surface area contributed by atoms with Crippen LogP contribution in [-0.2, 0) is 5.60 Å². The van der Waals surface area contributed by atoms with Crippen molar-refractivity contribution in [3.8, 4) is 5.75 Å². The first kappa shape index (κ1) is 17.5. The highest BCUT2D eigenvalue weighted by Crippen LogP contribution is 2.47. The molecular weight excluding hydrogens is 326 g/mol. The standard InChI is InChI=1S/C22H27NO3/c1-15(21(25)16-7-11-20(24)12-8-16)23-18-9-10-19(23)14-22(26,13-18)17-5-3-2-4-6-17/h2-8,11-12,15,18-19,21,24-26H,9-10,13-14H2,1H3/t15?,18-,19+,21?,22?. The minimum Gasteiger partial charge on any atom is -0.508 e. The van der Waals surface area contributed by atoms with Gasteiger partial charge in [-0.1, -0.05) is 42.5 Å². The second-order valence-electron chi connectivity index (χ2n) is 7.92. The summed E-state index contributed by atoms with van der Waals surface area (Å²) in [5, 5.41) is 31.6. The summed E-state index contributed by atoms with van der Waals surface area (Å²) in [6, 6.07) is 17.3. The summed E-state index contributed by atoms with van der Waals surface area (Å²) in [5.41, 5.74) is 1.05. The maximum Gasteiger partial charge on any atom is 0.115 e. The van der Waals surface area contributed by atoms with Crippen LogP contribution in [0, 0.1) is 0 Å². The van der Waals surface area contributed by atoms with Gasteiger partial charge in [0.05, 0.1) is 11.7 Å². The number of benzene rings is 2. The number of aliphatic hydroxyl groups is 2. The summed E-state index contributed by atoms with van der Waals surface area (Å²) in [7, 11) is 0. The van der Waals surface area contributed by atoms with Gasteiger partial charge in [-0.05, 0) is 55.9 Å². The fraction of sp³-hybridized carbons (Fsp3) is 0.455. The average Bonchev–Trinajstić information content (AvgIpc) is 2.94. The first-order chi connectivity index (χ1) is 12.5. The molecule has 0 amide bonds. The lowest BCUT2D eigenvalue weighted by Crippen LogP contribution is -2.54. The Balaban J connectivity index is 1.54. The van der Waals surface area contributed by atoms with Gasteiger partial charge in [-0.2, -0.15) is 0 Å². The summed E-state index contributed by atoms with van der Waals surface area (Å²) in [6.07, 6.45) is 2.93. The van der Waals surface area contributed by atoms with Crippen molar-refractivity contribution in [2.24, 2.45) is 0 Å². The fourth-order valence-electron chi connectivity index (χ4n) is 5.02. The van der Waals surface area contributed by atoms with Gasteiger partial charge in [0, 0.05) is 18.1 Å². The molecule has 0 spiro atoms. The van der Waals surface area contributed by atoms with Gasteiger partial charge < -0.3 is 15.3 Å². The summed E-state index contributed by atoms with van der Waals surface area (Å²) >= 11 is 0. The highest BCUT2D eigenvalue weighted by atomic mass is 16.3. The van der Waals surface area contributed by atoms with E-state index in [9.17, 15) is 15.3 Å². The van der Waals surface area contributed by atoms with E-state index >= 15 is 0 Å². The lowest BCUT2D eigenvalue weighted by molar-refractivity contribution is -0.0844. The molecule has 0 aliphatic carbocycles. The zero-order valence-electron chi connectivity index (χ0n) is 15.1. The lowest BCUT2D eigenvalue weighted by atomic mass is 9.79. The van der Waals surface area contributed by atoms with Crippen LogP contribution in [0.1, 0.15) is 49.8 Å². The molecule has 4 heteroatoms.